The molecule has 190 valence electrons. The number of hydrogen-bond donors (Lipinski definition) is 2. The number of aromatic nitrogens is 2. The van der Waals surface area contributed by atoms with E-state index in [9.17, 15) is 14.7 Å². The predicted molar refractivity (Wildman–Crippen MR) is 142 cm³/mol. The van der Waals surface area contributed by atoms with Crippen LogP contribution >= 0.6 is 11.3 Å². The lowest BCUT2D eigenvalue weighted by atomic mass is 9.99. The molecule has 1 aliphatic carbocycles. The minimum Gasteiger partial charge on any atom is -0.506 e. The first-order valence-corrected chi connectivity index (χ1v) is 12.7. The van der Waals surface area contributed by atoms with Gasteiger partial charge in [-0.15, -0.1) is 11.3 Å². The zero-order valence-electron chi connectivity index (χ0n) is 21.0. The molecule has 8 heteroatoms. The third-order valence-electron chi connectivity index (χ3n) is 6.31. The quantitative estimate of drug-likeness (QED) is 0.386. The summed E-state index contributed by atoms with van der Waals surface area (Å²) in [6, 6.07) is 11.7. The number of aromatic hydroxyl groups is 1. The van der Waals surface area contributed by atoms with Crippen LogP contribution < -0.4 is 0 Å². The standard InChI is InChI=1S/C27H29N3O3S.CH4O/c1-18(2)21-8-4-6-20(14-21)7-5-13-30(16-25-29-23(17-31)19(3)34-25)26(33)27(11-12-27)24-10-9-22(32)15-28-24;1-2/h4,6,8-10,14-15,17,32H,1,5,7,11-13,16H2,2-3H3;2H,1H3. The highest BCUT2D eigenvalue weighted by atomic mass is 32.1. The van der Waals surface area contributed by atoms with Crippen molar-refractivity contribution in [1.82, 2.24) is 14.9 Å². The maximum atomic E-state index is 13.8. The number of amides is 1. The van der Waals surface area contributed by atoms with Crippen LogP contribution in [0.4, 0.5) is 0 Å². The lowest BCUT2D eigenvalue weighted by molar-refractivity contribution is -0.134. The van der Waals surface area contributed by atoms with E-state index in [1.54, 1.807) is 12.1 Å². The summed E-state index contributed by atoms with van der Waals surface area (Å²) in [5.74, 6) is 0.113. The van der Waals surface area contributed by atoms with Gasteiger partial charge in [0.1, 0.15) is 16.5 Å². The molecule has 2 aromatic heterocycles. The van der Waals surface area contributed by atoms with Crippen molar-refractivity contribution in [3.05, 3.63) is 81.6 Å². The van der Waals surface area contributed by atoms with Crippen LogP contribution in [0.25, 0.3) is 5.57 Å². The highest BCUT2D eigenvalue weighted by molar-refractivity contribution is 7.11. The molecule has 1 amide bonds. The van der Waals surface area contributed by atoms with Crippen LogP contribution in [-0.2, 0) is 23.2 Å². The van der Waals surface area contributed by atoms with Crippen molar-refractivity contribution in [2.75, 3.05) is 13.7 Å². The normalized spacial score (nSPS) is 13.3. The number of aliphatic hydroxyl groups is 1. The van der Waals surface area contributed by atoms with Gasteiger partial charge in [0.25, 0.3) is 0 Å². The van der Waals surface area contributed by atoms with Crippen molar-refractivity contribution >= 4 is 29.1 Å². The molecule has 1 aliphatic rings. The monoisotopic (exact) mass is 507 g/mol. The van der Waals surface area contributed by atoms with Gasteiger partial charge in [0.05, 0.1) is 23.9 Å². The van der Waals surface area contributed by atoms with Crippen LogP contribution in [0.5, 0.6) is 5.75 Å². The van der Waals surface area contributed by atoms with E-state index in [2.05, 4.69) is 34.7 Å². The molecule has 7 nitrogen and oxygen atoms in total. The zero-order chi connectivity index (χ0) is 26.3. The predicted octanol–water partition coefficient (Wildman–Crippen LogP) is 4.70. The first kappa shape index (κ1) is 27.2. The van der Waals surface area contributed by atoms with Crippen LogP contribution in [0, 0.1) is 6.92 Å². The third kappa shape index (κ3) is 6.25. The van der Waals surface area contributed by atoms with Gasteiger partial charge in [-0.05, 0) is 62.8 Å². The molecule has 0 unspecified atom stereocenters. The minimum atomic E-state index is -0.645. The Labute approximate surface area is 216 Å². The summed E-state index contributed by atoms with van der Waals surface area (Å²) in [4.78, 5) is 36.5. The van der Waals surface area contributed by atoms with Gasteiger partial charge in [0, 0.05) is 18.5 Å². The summed E-state index contributed by atoms with van der Waals surface area (Å²) in [5.41, 5.74) is 3.85. The van der Waals surface area contributed by atoms with Gasteiger partial charge in [-0.3, -0.25) is 14.6 Å². The fraction of sp³-hybridized carbons (Fsp3) is 0.357. The maximum absolute atomic E-state index is 13.8. The number of aldehydes is 1. The van der Waals surface area contributed by atoms with E-state index in [4.69, 9.17) is 5.11 Å². The highest BCUT2D eigenvalue weighted by Crippen LogP contribution is 2.49. The zero-order valence-corrected chi connectivity index (χ0v) is 21.8. The van der Waals surface area contributed by atoms with Gasteiger partial charge in [-0.2, -0.15) is 0 Å². The van der Waals surface area contributed by atoms with E-state index in [0.717, 1.165) is 60.1 Å². The number of pyridine rings is 1. The molecule has 2 N–H and O–H groups in total. The Balaban J connectivity index is 0.00000176. The average molecular weight is 508 g/mol. The van der Waals surface area contributed by atoms with Crippen LogP contribution in [0.2, 0.25) is 0 Å². The molecule has 0 saturated heterocycles. The van der Waals surface area contributed by atoms with Crippen molar-refractivity contribution in [2.24, 2.45) is 0 Å². The van der Waals surface area contributed by atoms with E-state index >= 15 is 0 Å². The lowest BCUT2D eigenvalue weighted by Gasteiger charge is -2.27. The number of hydrogen-bond acceptors (Lipinski definition) is 7. The van der Waals surface area contributed by atoms with Gasteiger partial charge in [-0.25, -0.2) is 4.98 Å². The molecule has 4 rings (SSSR count). The molecule has 0 atom stereocenters. The number of carbonyl (C=O) groups excluding carboxylic acids is 2. The van der Waals surface area contributed by atoms with E-state index in [0.29, 0.717) is 24.5 Å². The molecule has 2 heterocycles. The first-order chi connectivity index (χ1) is 17.3. The molecule has 36 heavy (non-hydrogen) atoms. The van der Waals surface area contributed by atoms with Crippen LogP contribution in [0.15, 0.2) is 49.2 Å². The molecule has 0 radical (unpaired) electrons. The summed E-state index contributed by atoms with van der Waals surface area (Å²) in [6.07, 6.45) is 5.26. The Bertz CT molecular complexity index is 1220. The molecule has 0 spiro atoms. The Morgan fingerprint density at radius 2 is 2.00 bits per heavy atom. The summed E-state index contributed by atoms with van der Waals surface area (Å²) in [6.45, 7) is 8.83. The number of aryl methyl sites for hydroxylation is 2. The summed E-state index contributed by atoms with van der Waals surface area (Å²) in [7, 11) is 1.00. The number of thiazole rings is 1. The summed E-state index contributed by atoms with van der Waals surface area (Å²) >= 11 is 1.45. The van der Waals surface area contributed by atoms with E-state index in [1.807, 2.05) is 24.8 Å². The number of allylic oxidation sites excluding steroid dienone is 1. The molecular formula is C28H33N3O4S. The van der Waals surface area contributed by atoms with Crippen LogP contribution in [0.1, 0.15) is 63.4 Å². The molecule has 1 aromatic carbocycles. The van der Waals surface area contributed by atoms with Gasteiger partial charge in [0.15, 0.2) is 6.29 Å². The second kappa shape index (κ2) is 12.1. The Morgan fingerprint density at radius 1 is 1.25 bits per heavy atom. The smallest absolute Gasteiger partial charge is 0.235 e. The van der Waals surface area contributed by atoms with Crippen molar-refractivity contribution in [3.8, 4) is 5.75 Å². The van der Waals surface area contributed by atoms with E-state index in [1.165, 1.54) is 23.1 Å². The van der Waals surface area contributed by atoms with Crippen molar-refractivity contribution in [2.45, 2.75) is 51.5 Å². The number of nitrogens with zero attached hydrogens (tertiary/aromatic N) is 3. The lowest BCUT2D eigenvalue weighted by Crippen LogP contribution is -2.40. The van der Waals surface area contributed by atoms with Gasteiger partial charge < -0.3 is 15.1 Å². The Morgan fingerprint density at radius 3 is 2.58 bits per heavy atom. The molecule has 1 saturated carbocycles. The largest absolute Gasteiger partial charge is 0.506 e. The van der Waals surface area contributed by atoms with Crippen LogP contribution in [0.3, 0.4) is 0 Å². The molecule has 0 aliphatic heterocycles. The maximum Gasteiger partial charge on any atom is 0.235 e. The second-order valence-electron chi connectivity index (χ2n) is 8.96. The number of carbonyl (C=O) groups is 2. The van der Waals surface area contributed by atoms with E-state index < -0.39 is 5.41 Å². The van der Waals surface area contributed by atoms with Gasteiger partial charge >= 0.3 is 0 Å². The summed E-state index contributed by atoms with van der Waals surface area (Å²) in [5, 5.41) is 17.4. The molecule has 0 bridgehead atoms. The third-order valence-corrected chi connectivity index (χ3v) is 7.28. The number of aliphatic hydroxyl groups excluding tert-OH is 1. The van der Waals surface area contributed by atoms with E-state index in [-0.39, 0.29) is 11.7 Å². The van der Waals surface area contributed by atoms with Gasteiger partial charge in [-0.1, -0.05) is 36.4 Å². The van der Waals surface area contributed by atoms with Crippen molar-refractivity contribution in [1.29, 1.82) is 0 Å². The van der Waals surface area contributed by atoms with Crippen LogP contribution in [-0.4, -0.2) is 50.9 Å². The van der Waals surface area contributed by atoms with Gasteiger partial charge in [0.2, 0.25) is 5.91 Å². The van der Waals surface area contributed by atoms with Crippen molar-refractivity contribution in [3.63, 3.8) is 0 Å². The number of benzene rings is 1. The fourth-order valence-corrected chi connectivity index (χ4v) is 5.12. The SMILES string of the molecule is C=C(C)c1cccc(CCCN(Cc2nc(C=O)c(C)s2)C(=O)C2(c3ccc(O)cn3)CC2)c1.CO. The van der Waals surface area contributed by atoms with Crippen molar-refractivity contribution < 1.29 is 19.8 Å². The second-order valence-corrected chi connectivity index (χ2v) is 10.2. The summed E-state index contributed by atoms with van der Waals surface area (Å²) < 4.78 is 0. The first-order valence-electron chi connectivity index (χ1n) is 11.9. The molecular weight excluding hydrogens is 474 g/mol. The molecule has 1 fully saturated rings. The fourth-order valence-electron chi connectivity index (χ4n) is 4.20. The highest BCUT2D eigenvalue weighted by Gasteiger charge is 2.54. The average Bonchev–Trinajstić information content (AvgIpc) is 3.62. The Kier molecular flexibility index (Phi) is 9.12. The topological polar surface area (TPSA) is 104 Å². The molecule has 3 aromatic rings. The number of rotatable bonds is 10. The minimum absolute atomic E-state index is 0.0295. The Hall–Kier alpha value is -3.36.